The van der Waals surface area contributed by atoms with Gasteiger partial charge in [0.05, 0.1) is 10.6 Å². The number of halogens is 1. The summed E-state index contributed by atoms with van der Waals surface area (Å²) in [7, 11) is -3.96. The largest absolute Gasteiger partial charge is 0.335 e. The van der Waals surface area contributed by atoms with Gasteiger partial charge in [0.25, 0.3) is 0 Å². The number of nitrogens with one attached hydrogen (secondary N) is 2. The molecule has 1 saturated carbocycles. The van der Waals surface area contributed by atoms with Crippen molar-refractivity contribution in [3.05, 3.63) is 24.0 Å². The zero-order chi connectivity index (χ0) is 14.8. The van der Waals surface area contributed by atoms with Gasteiger partial charge < -0.3 is 10.6 Å². The van der Waals surface area contributed by atoms with E-state index in [1.165, 1.54) is 6.07 Å². The molecule has 0 radical (unpaired) electrons. The molecule has 0 aliphatic heterocycles. The van der Waals surface area contributed by atoms with E-state index in [0.717, 1.165) is 37.8 Å². The van der Waals surface area contributed by atoms with Gasteiger partial charge in [0.15, 0.2) is 0 Å². The summed E-state index contributed by atoms with van der Waals surface area (Å²) >= 11 is 0. The summed E-state index contributed by atoms with van der Waals surface area (Å²) in [5.74, 6) is -0.849. The number of hydrogen-bond acceptors (Lipinski definition) is 3. The second-order valence-electron chi connectivity index (χ2n) is 4.77. The Kier molecular flexibility index (Phi) is 4.24. The molecule has 4 N–H and O–H groups in total. The van der Waals surface area contributed by atoms with Crippen LogP contribution in [0.1, 0.15) is 25.7 Å². The van der Waals surface area contributed by atoms with Crippen LogP contribution in [-0.4, -0.2) is 20.5 Å². The van der Waals surface area contributed by atoms with Crippen LogP contribution in [0.5, 0.6) is 0 Å². The predicted octanol–water partition coefficient (Wildman–Crippen LogP) is 1.54. The minimum Gasteiger partial charge on any atom is -0.335 e. The van der Waals surface area contributed by atoms with Crippen molar-refractivity contribution in [2.45, 2.75) is 36.6 Å². The van der Waals surface area contributed by atoms with Crippen LogP contribution in [0.4, 0.5) is 14.9 Å². The summed E-state index contributed by atoms with van der Waals surface area (Å²) in [6.45, 7) is 0. The predicted molar refractivity (Wildman–Crippen MR) is 72.2 cm³/mol. The van der Waals surface area contributed by atoms with E-state index in [1.807, 2.05) is 0 Å². The van der Waals surface area contributed by atoms with E-state index in [2.05, 4.69) is 10.6 Å². The lowest BCUT2D eigenvalue weighted by atomic mass is 10.2. The third kappa shape index (κ3) is 3.67. The summed E-state index contributed by atoms with van der Waals surface area (Å²) in [5.41, 5.74) is -0.0899. The molecule has 0 spiro atoms. The standard InChI is InChI=1S/C12H16FN3O3S/c13-10-7-9(20(14,18)19)5-6-11(10)16-12(17)15-8-3-1-2-4-8/h5-8H,1-4H2,(H2,14,18,19)(H2,15,16,17). The van der Waals surface area contributed by atoms with E-state index in [0.29, 0.717) is 0 Å². The Balaban J connectivity index is 2.04. The lowest BCUT2D eigenvalue weighted by molar-refractivity contribution is 0.248. The molecule has 0 heterocycles. The van der Waals surface area contributed by atoms with E-state index < -0.39 is 21.9 Å². The van der Waals surface area contributed by atoms with Crippen LogP contribution >= 0.6 is 0 Å². The van der Waals surface area contributed by atoms with Gasteiger partial charge in [0.1, 0.15) is 5.82 Å². The first-order chi connectivity index (χ1) is 9.36. The lowest BCUT2D eigenvalue weighted by Gasteiger charge is -2.13. The maximum Gasteiger partial charge on any atom is 0.319 e. The molecule has 0 atom stereocenters. The van der Waals surface area contributed by atoms with Crippen LogP contribution < -0.4 is 15.8 Å². The first kappa shape index (κ1) is 14.7. The van der Waals surface area contributed by atoms with Crippen molar-refractivity contribution in [3.8, 4) is 0 Å². The van der Waals surface area contributed by atoms with Crippen molar-refractivity contribution >= 4 is 21.7 Å². The van der Waals surface area contributed by atoms with Gasteiger partial charge in [-0.3, -0.25) is 0 Å². The number of sulfonamides is 1. The molecule has 20 heavy (non-hydrogen) atoms. The number of benzene rings is 1. The highest BCUT2D eigenvalue weighted by atomic mass is 32.2. The maximum atomic E-state index is 13.7. The third-order valence-electron chi connectivity index (χ3n) is 3.21. The Morgan fingerprint density at radius 1 is 1.30 bits per heavy atom. The van der Waals surface area contributed by atoms with Crippen LogP contribution in [0.25, 0.3) is 0 Å². The van der Waals surface area contributed by atoms with Gasteiger partial charge in [-0.1, -0.05) is 12.8 Å². The molecule has 0 unspecified atom stereocenters. The average Bonchev–Trinajstić information content (AvgIpc) is 2.83. The van der Waals surface area contributed by atoms with Gasteiger partial charge in [0, 0.05) is 6.04 Å². The molecule has 6 nitrogen and oxygen atoms in total. The number of hydrogen-bond donors (Lipinski definition) is 3. The SMILES string of the molecule is NS(=O)(=O)c1ccc(NC(=O)NC2CCCC2)c(F)c1. The number of rotatable bonds is 3. The fourth-order valence-electron chi connectivity index (χ4n) is 2.19. The number of urea groups is 1. The number of anilines is 1. The highest BCUT2D eigenvalue weighted by Gasteiger charge is 2.18. The average molecular weight is 301 g/mol. The summed E-state index contributed by atoms with van der Waals surface area (Å²) in [6, 6.07) is 2.70. The first-order valence-corrected chi connectivity index (χ1v) is 7.81. The second-order valence-corrected chi connectivity index (χ2v) is 6.33. The van der Waals surface area contributed by atoms with Crippen LogP contribution in [0, 0.1) is 5.82 Å². The number of carbonyl (C=O) groups excluding carboxylic acids is 1. The molecule has 1 aromatic carbocycles. The number of carbonyl (C=O) groups is 1. The summed E-state index contributed by atoms with van der Waals surface area (Å²) < 4.78 is 35.8. The van der Waals surface area contributed by atoms with Crippen molar-refractivity contribution in [3.63, 3.8) is 0 Å². The molecule has 2 amide bonds. The Bertz CT molecular complexity index is 612. The lowest BCUT2D eigenvalue weighted by Crippen LogP contribution is -2.36. The topological polar surface area (TPSA) is 101 Å². The van der Waals surface area contributed by atoms with Crippen molar-refractivity contribution in [2.24, 2.45) is 5.14 Å². The number of nitrogens with two attached hydrogens (primary N) is 1. The molecule has 8 heteroatoms. The monoisotopic (exact) mass is 301 g/mol. The molecule has 110 valence electrons. The van der Waals surface area contributed by atoms with E-state index in [4.69, 9.17) is 5.14 Å². The minimum absolute atomic E-state index is 0.0899. The normalized spacial score (nSPS) is 16.1. The Labute approximate surface area is 116 Å². The zero-order valence-corrected chi connectivity index (χ0v) is 11.5. The fourth-order valence-corrected chi connectivity index (χ4v) is 2.71. The molecule has 0 saturated heterocycles. The molecule has 1 fully saturated rings. The number of amides is 2. The highest BCUT2D eigenvalue weighted by Crippen LogP contribution is 2.20. The first-order valence-electron chi connectivity index (χ1n) is 6.26. The second kappa shape index (κ2) is 5.76. The quantitative estimate of drug-likeness (QED) is 0.789. The zero-order valence-electron chi connectivity index (χ0n) is 10.7. The smallest absolute Gasteiger partial charge is 0.319 e. The van der Waals surface area contributed by atoms with E-state index >= 15 is 0 Å². The molecular formula is C12H16FN3O3S. The number of primary sulfonamides is 1. The molecule has 0 aromatic heterocycles. The molecule has 1 aliphatic rings. The highest BCUT2D eigenvalue weighted by molar-refractivity contribution is 7.89. The summed E-state index contributed by atoms with van der Waals surface area (Å²) in [6.07, 6.45) is 3.98. The van der Waals surface area contributed by atoms with Gasteiger partial charge in [-0.15, -0.1) is 0 Å². The fraction of sp³-hybridized carbons (Fsp3) is 0.417. The van der Waals surface area contributed by atoms with Crippen LogP contribution in [0.2, 0.25) is 0 Å². The van der Waals surface area contributed by atoms with Gasteiger partial charge in [-0.05, 0) is 31.0 Å². The molecular weight excluding hydrogens is 285 g/mol. The summed E-state index contributed by atoms with van der Waals surface area (Å²) in [4.78, 5) is 11.3. The van der Waals surface area contributed by atoms with Crippen LogP contribution in [0.3, 0.4) is 0 Å². The molecule has 2 rings (SSSR count). The van der Waals surface area contributed by atoms with Gasteiger partial charge in [-0.2, -0.15) is 0 Å². The molecule has 0 bridgehead atoms. The maximum absolute atomic E-state index is 13.7. The van der Waals surface area contributed by atoms with Gasteiger partial charge in [-0.25, -0.2) is 22.7 Å². The Morgan fingerprint density at radius 2 is 1.95 bits per heavy atom. The van der Waals surface area contributed by atoms with Crippen molar-refractivity contribution in [2.75, 3.05) is 5.32 Å². The Morgan fingerprint density at radius 3 is 2.50 bits per heavy atom. The third-order valence-corrected chi connectivity index (χ3v) is 4.12. The van der Waals surface area contributed by atoms with E-state index in [-0.39, 0.29) is 16.6 Å². The van der Waals surface area contributed by atoms with Crippen LogP contribution in [0.15, 0.2) is 23.1 Å². The van der Waals surface area contributed by atoms with Crippen molar-refractivity contribution in [1.29, 1.82) is 0 Å². The van der Waals surface area contributed by atoms with E-state index in [1.54, 1.807) is 0 Å². The Hall–Kier alpha value is -1.67. The van der Waals surface area contributed by atoms with Crippen molar-refractivity contribution in [1.82, 2.24) is 5.32 Å². The minimum atomic E-state index is -3.96. The van der Waals surface area contributed by atoms with E-state index in [9.17, 15) is 17.6 Å². The van der Waals surface area contributed by atoms with Crippen LogP contribution in [-0.2, 0) is 10.0 Å². The summed E-state index contributed by atoms with van der Waals surface area (Å²) in [5, 5.41) is 9.99. The van der Waals surface area contributed by atoms with Gasteiger partial charge >= 0.3 is 6.03 Å². The van der Waals surface area contributed by atoms with Crippen molar-refractivity contribution < 1.29 is 17.6 Å². The van der Waals surface area contributed by atoms with Gasteiger partial charge in [0.2, 0.25) is 10.0 Å². The molecule has 1 aromatic rings. The molecule has 1 aliphatic carbocycles.